The van der Waals surface area contributed by atoms with Gasteiger partial charge in [-0.1, -0.05) is 42.5 Å². The predicted molar refractivity (Wildman–Crippen MR) is 136 cm³/mol. The molecular formula is C29H27FN2O3. The first-order valence-electron chi connectivity index (χ1n) is 11.7. The highest BCUT2D eigenvalue weighted by Crippen LogP contribution is 2.26. The molecule has 1 fully saturated rings. The normalized spacial score (nSPS) is 13.7. The highest BCUT2D eigenvalue weighted by atomic mass is 19.1. The van der Waals surface area contributed by atoms with Gasteiger partial charge in [-0.2, -0.15) is 0 Å². The number of hydrogen-bond donors (Lipinski definition) is 0. The summed E-state index contributed by atoms with van der Waals surface area (Å²) in [4.78, 5) is 17.0. The minimum absolute atomic E-state index is 0.0483. The van der Waals surface area contributed by atoms with Gasteiger partial charge in [0.25, 0.3) is 5.91 Å². The summed E-state index contributed by atoms with van der Waals surface area (Å²) in [7, 11) is 1.61. The first kappa shape index (κ1) is 22.7. The van der Waals surface area contributed by atoms with Crippen LogP contribution in [0.5, 0.6) is 11.5 Å². The molecule has 35 heavy (non-hydrogen) atoms. The van der Waals surface area contributed by atoms with Gasteiger partial charge in [0.15, 0.2) is 0 Å². The number of hydrogen-bond acceptors (Lipinski definition) is 4. The molecule has 1 saturated heterocycles. The highest BCUT2D eigenvalue weighted by Gasteiger charge is 2.24. The molecule has 5 rings (SSSR count). The van der Waals surface area contributed by atoms with Crippen molar-refractivity contribution in [1.82, 2.24) is 4.90 Å². The lowest BCUT2D eigenvalue weighted by atomic mass is 10.1. The summed E-state index contributed by atoms with van der Waals surface area (Å²) in [6.07, 6.45) is 0. The Balaban J connectivity index is 1.27. The molecule has 0 saturated carbocycles. The summed E-state index contributed by atoms with van der Waals surface area (Å²) in [5, 5.41) is 2.26. The minimum Gasteiger partial charge on any atom is -0.496 e. The van der Waals surface area contributed by atoms with Gasteiger partial charge in [0.05, 0.1) is 12.8 Å². The standard InChI is InChI=1S/C29H27FN2O3/c1-34-28-13-11-23(18-24(28)20-35-25-12-10-21-6-2-3-7-22(21)19-25)29(33)32-16-14-31(15-17-32)27-9-5-4-8-26(27)30/h2-13,18-19H,14-17,20H2,1H3. The third-order valence-corrected chi connectivity index (χ3v) is 6.40. The maximum absolute atomic E-state index is 14.1. The van der Waals surface area contributed by atoms with Gasteiger partial charge in [-0.3, -0.25) is 4.79 Å². The third kappa shape index (κ3) is 4.92. The number of anilines is 1. The van der Waals surface area contributed by atoms with E-state index in [4.69, 9.17) is 9.47 Å². The summed E-state index contributed by atoms with van der Waals surface area (Å²) in [5.41, 5.74) is 1.97. The molecule has 1 aliphatic rings. The topological polar surface area (TPSA) is 42.0 Å². The van der Waals surface area contributed by atoms with E-state index in [1.165, 1.54) is 6.07 Å². The van der Waals surface area contributed by atoms with E-state index in [0.717, 1.165) is 22.1 Å². The molecule has 1 amide bonds. The molecule has 4 aromatic rings. The molecule has 4 aromatic carbocycles. The van der Waals surface area contributed by atoms with Gasteiger partial charge in [-0.05, 0) is 53.2 Å². The molecule has 1 heterocycles. The van der Waals surface area contributed by atoms with Crippen LogP contribution in [0.3, 0.4) is 0 Å². The number of carbonyl (C=O) groups excluding carboxylic acids is 1. The molecular weight excluding hydrogens is 443 g/mol. The van der Waals surface area contributed by atoms with Crippen LogP contribution >= 0.6 is 0 Å². The molecule has 0 radical (unpaired) electrons. The lowest BCUT2D eigenvalue weighted by Crippen LogP contribution is -2.49. The van der Waals surface area contributed by atoms with Crippen LogP contribution in [0.25, 0.3) is 10.8 Å². The van der Waals surface area contributed by atoms with Gasteiger partial charge in [-0.25, -0.2) is 4.39 Å². The lowest BCUT2D eigenvalue weighted by Gasteiger charge is -2.36. The second-order valence-electron chi connectivity index (χ2n) is 8.55. The number of fused-ring (bicyclic) bond motifs is 1. The highest BCUT2D eigenvalue weighted by molar-refractivity contribution is 5.94. The monoisotopic (exact) mass is 470 g/mol. The quantitative estimate of drug-likeness (QED) is 0.372. The zero-order valence-electron chi connectivity index (χ0n) is 19.6. The van der Waals surface area contributed by atoms with Crippen molar-refractivity contribution < 1.29 is 18.7 Å². The van der Waals surface area contributed by atoms with Crippen molar-refractivity contribution in [2.75, 3.05) is 38.2 Å². The van der Waals surface area contributed by atoms with E-state index < -0.39 is 0 Å². The number of benzene rings is 4. The predicted octanol–water partition coefficient (Wildman–Crippen LogP) is 5.53. The average Bonchev–Trinajstić information content (AvgIpc) is 2.91. The van der Waals surface area contributed by atoms with E-state index in [-0.39, 0.29) is 18.3 Å². The molecule has 0 N–H and O–H groups in total. The summed E-state index contributed by atoms with van der Waals surface area (Å²) in [5.74, 6) is 1.14. The smallest absolute Gasteiger partial charge is 0.253 e. The Hall–Kier alpha value is -4.06. The fourth-order valence-corrected chi connectivity index (χ4v) is 4.48. The maximum atomic E-state index is 14.1. The number of methoxy groups -OCH3 is 1. The number of rotatable bonds is 6. The van der Waals surface area contributed by atoms with Gasteiger partial charge in [0.2, 0.25) is 0 Å². The van der Waals surface area contributed by atoms with Crippen molar-refractivity contribution in [3.63, 3.8) is 0 Å². The van der Waals surface area contributed by atoms with E-state index in [0.29, 0.717) is 43.2 Å². The van der Waals surface area contributed by atoms with Crippen molar-refractivity contribution in [3.05, 3.63) is 102 Å². The second kappa shape index (κ2) is 10.1. The van der Waals surface area contributed by atoms with Crippen LogP contribution in [0.15, 0.2) is 84.9 Å². The Morgan fingerprint density at radius 2 is 1.60 bits per heavy atom. The van der Waals surface area contributed by atoms with E-state index in [2.05, 4.69) is 6.07 Å². The van der Waals surface area contributed by atoms with E-state index in [1.807, 2.05) is 64.4 Å². The molecule has 5 nitrogen and oxygen atoms in total. The molecule has 0 aliphatic carbocycles. The van der Waals surface area contributed by atoms with Crippen LogP contribution in [0.4, 0.5) is 10.1 Å². The Morgan fingerprint density at radius 3 is 2.37 bits per heavy atom. The van der Waals surface area contributed by atoms with Crippen LogP contribution in [-0.2, 0) is 6.61 Å². The minimum atomic E-state index is -0.238. The molecule has 6 heteroatoms. The zero-order valence-corrected chi connectivity index (χ0v) is 19.6. The fraction of sp³-hybridized carbons (Fsp3) is 0.207. The van der Waals surface area contributed by atoms with Crippen molar-refractivity contribution in [2.24, 2.45) is 0 Å². The van der Waals surface area contributed by atoms with E-state index in [1.54, 1.807) is 25.3 Å². The number of para-hydroxylation sites is 1. The molecule has 0 bridgehead atoms. The molecule has 0 unspecified atom stereocenters. The molecule has 0 spiro atoms. The lowest BCUT2D eigenvalue weighted by molar-refractivity contribution is 0.0746. The number of ether oxygens (including phenoxy) is 2. The number of amides is 1. The third-order valence-electron chi connectivity index (χ3n) is 6.40. The van der Waals surface area contributed by atoms with Crippen LogP contribution in [-0.4, -0.2) is 44.1 Å². The zero-order chi connectivity index (χ0) is 24.2. The first-order chi connectivity index (χ1) is 17.1. The van der Waals surface area contributed by atoms with Crippen molar-refractivity contribution >= 4 is 22.4 Å². The Labute approximate surface area is 204 Å². The number of nitrogens with zero attached hydrogens (tertiary/aromatic N) is 2. The van der Waals surface area contributed by atoms with Crippen LogP contribution in [0, 0.1) is 5.82 Å². The maximum Gasteiger partial charge on any atom is 0.253 e. The number of carbonyl (C=O) groups is 1. The summed E-state index contributed by atoms with van der Waals surface area (Å²) in [6, 6.07) is 26.3. The first-order valence-corrected chi connectivity index (χ1v) is 11.7. The van der Waals surface area contributed by atoms with Crippen LogP contribution in [0.2, 0.25) is 0 Å². The Bertz CT molecular complexity index is 1350. The second-order valence-corrected chi connectivity index (χ2v) is 8.55. The molecule has 178 valence electrons. The Kier molecular flexibility index (Phi) is 6.53. The van der Waals surface area contributed by atoms with Gasteiger partial charge in [0, 0.05) is 37.3 Å². The van der Waals surface area contributed by atoms with Crippen molar-refractivity contribution in [3.8, 4) is 11.5 Å². The number of halogens is 1. The van der Waals surface area contributed by atoms with Gasteiger partial charge in [-0.15, -0.1) is 0 Å². The fourth-order valence-electron chi connectivity index (χ4n) is 4.48. The summed E-state index contributed by atoms with van der Waals surface area (Å²) >= 11 is 0. The van der Waals surface area contributed by atoms with Gasteiger partial charge >= 0.3 is 0 Å². The van der Waals surface area contributed by atoms with Gasteiger partial charge < -0.3 is 19.3 Å². The molecule has 0 aromatic heterocycles. The average molecular weight is 471 g/mol. The summed E-state index contributed by atoms with van der Waals surface area (Å²) in [6.45, 7) is 2.51. The van der Waals surface area contributed by atoms with Crippen molar-refractivity contribution in [1.29, 1.82) is 0 Å². The largest absolute Gasteiger partial charge is 0.496 e. The Morgan fingerprint density at radius 1 is 0.857 bits per heavy atom. The van der Waals surface area contributed by atoms with E-state index in [9.17, 15) is 9.18 Å². The SMILES string of the molecule is COc1ccc(C(=O)N2CCN(c3ccccc3F)CC2)cc1COc1ccc2ccccc2c1. The van der Waals surface area contributed by atoms with E-state index >= 15 is 0 Å². The number of piperazine rings is 1. The van der Waals surface area contributed by atoms with Crippen LogP contribution in [0.1, 0.15) is 15.9 Å². The van der Waals surface area contributed by atoms with Gasteiger partial charge in [0.1, 0.15) is 23.9 Å². The van der Waals surface area contributed by atoms with Crippen molar-refractivity contribution in [2.45, 2.75) is 6.61 Å². The molecule has 1 aliphatic heterocycles. The molecule has 0 atom stereocenters. The summed E-state index contributed by atoms with van der Waals surface area (Å²) < 4.78 is 25.7. The van der Waals surface area contributed by atoms with Crippen LogP contribution < -0.4 is 14.4 Å².